The van der Waals surface area contributed by atoms with Gasteiger partial charge in [-0.15, -0.1) is 0 Å². The summed E-state index contributed by atoms with van der Waals surface area (Å²) in [5.74, 6) is 0.927. The van der Waals surface area contributed by atoms with E-state index in [2.05, 4.69) is 4.98 Å². The zero-order valence-electron chi connectivity index (χ0n) is 8.76. The molecule has 0 fully saturated rings. The molecule has 1 aromatic heterocycles. The van der Waals surface area contributed by atoms with Crippen LogP contribution in [-0.4, -0.2) is 17.9 Å². The fourth-order valence-corrected chi connectivity index (χ4v) is 2.53. The van der Waals surface area contributed by atoms with Gasteiger partial charge in [-0.25, -0.2) is 0 Å². The largest absolute Gasteiger partial charge is 0.496 e. The van der Waals surface area contributed by atoms with E-state index in [0.717, 1.165) is 28.6 Å². The molecule has 82 valence electrons. The topological polar surface area (TPSA) is 42.1 Å². The van der Waals surface area contributed by atoms with Crippen molar-refractivity contribution in [1.82, 2.24) is 4.98 Å². The summed E-state index contributed by atoms with van der Waals surface area (Å²) in [5, 5.41) is 1.58. The van der Waals surface area contributed by atoms with Crippen LogP contribution in [0.1, 0.15) is 22.5 Å². The van der Waals surface area contributed by atoms with E-state index in [1.54, 1.807) is 13.2 Å². The van der Waals surface area contributed by atoms with E-state index in [9.17, 15) is 4.79 Å². The Labute approximate surface area is 97.4 Å². The van der Waals surface area contributed by atoms with Gasteiger partial charge >= 0.3 is 0 Å². The van der Waals surface area contributed by atoms with Crippen LogP contribution < -0.4 is 4.74 Å². The summed E-state index contributed by atoms with van der Waals surface area (Å²) >= 11 is 6.10. The van der Waals surface area contributed by atoms with Crippen molar-refractivity contribution in [3.8, 4) is 5.75 Å². The molecule has 3 rings (SSSR count). The number of benzene rings is 1. The molecule has 1 heterocycles. The first kappa shape index (κ1) is 9.73. The normalized spacial score (nSPS) is 14.5. The number of ketones is 1. The Bertz CT molecular complexity index is 601. The van der Waals surface area contributed by atoms with Crippen LogP contribution in [-0.2, 0) is 6.42 Å². The molecule has 1 N–H and O–H groups in total. The summed E-state index contributed by atoms with van der Waals surface area (Å²) < 4.78 is 5.31. The Kier molecular flexibility index (Phi) is 1.98. The van der Waals surface area contributed by atoms with Crippen molar-refractivity contribution in [2.75, 3.05) is 7.11 Å². The summed E-state index contributed by atoms with van der Waals surface area (Å²) in [5.41, 5.74) is 2.54. The number of methoxy groups -OCH3 is 1. The zero-order chi connectivity index (χ0) is 11.3. The first-order valence-corrected chi connectivity index (χ1v) is 5.50. The van der Waals surface area contributed by atoms with Crippen LogP contribution in [0, 0.1) is 0 Å². The van der Waals surface area contributed by atoms with E-state index in [4.69, 9.17) is 16.3 Å². The van der Waals surface area contributed by atoms with Gasteiger partial charge in [0, 0.05) is 11.8 Å². The van der Waals surface area contributed by atoms with Crippen LogP contribution >= 0.6 is 11.6 Å². The van der Waals surface area contributed by atoms with Crippen molar-refractivity contribution < 1.29 is 9.53 Å². The Morgan fingerprint density at radius 2 is 2.19 bits per heavy atom. The van der Waals surface area contributed by atoms with Crippen molar-refractivity contribution in [2.24, 2.45) is 0 Å². The number of aryl methyl sites for hydroxylation is 1. The molecule has 0 bridgehead atoms. The maximum Gasteiger partial charge on any atom is 0.179 e. The number of nitrogens with one attached hydrogen (secondary N) is 1. The smallest absolute Gasteiger partial charge is 0.179 e. The third kappa shape index (κ3) is 1.12. The Morgan fingerprint density at radius 3 is 2.94 bits per heavy atom. The van der Waals surface area contributed by atoms with Gasteiger partial charge in [-0.05, 0) is 24.1 Å². The standard InChI is InChI=1S/C12H10ClNO2/c1-16-9-5-3-7(13)12-10(9)6-2-4-8(15)11(6)14-12/h3,5,14H,2,4H2,1H3. The lowest BCUT2D eigenvalue weighted by atomic mass is 10.1. The predicted molar refractivity (Wildman–Crippen MR) is 62.5 cm³/mol. The molecule has 16 heavy (non-hydrogen) atoms. The molecule has 0 aliphatic heterocycles. The lowest BCUT2D eigenvalue weighted by molar-refractivity contribution is 0.0991. The maximum absolute atomic E-state index is 11.6. The third-order valence-electron chi connectivity index (χ3n) is 3.07. The molecule has 1 aliphatic rings. The van der Waals surface area contributed by atoms with Gasteiger partial charge in [0.15, 0.2) is 5.78 Å². The summed E-state index contributed by atoms with van der Waals surface area (Å²) in [6.07, 6.45) is 1.34. The van der Waals surface area contributed by atoms with Crippen LogP contribution in [0.4, 0.5) is 0 Å². The minimum atomic E-state index is 0.157. The van der Waals surface area contributed by atoms with E-state index in [1.807, 2.05) is 6.07 Å². The number of fused-ring (bicyclic) bond motifs is 3. The number of aromatic nitrogens is 1. The zero-order valence-corrected chi connectivity index (χ0v) is 9.52. The average Bonchev–Trinajstić information content (AvgIpc) is 2.81. The number of rotatable bonds is 1. The van der Waals surface area contributed by atoms with Gasteiger partial charge in [0.2, 0.25) is 0 Å². The third-order valence-corrected chi connectivity index (χ3v) is 3.39. The Hall–Kier alpha value is -1.48. The van der Waals surface area contributed by atoms with Gasteiger partial charge in [0.05, 0.1) is 23.3 Å². The highest BCUT2D eigenvalue weighted by Gasteiger charge is 2.26. The maximum atomic E-state index is 11.6. The highest BCUT2D eigenvalue weighted by molar-refractivity contribution is 6.35. The van der Waals surface area contributed by atoms with Crippen LogP contribution in [0.15, 0.2) is 12.1 Å². The van der Waals surface area contributed by atoms with E-state index in [0.29, 0.717) is 17.1 Å². The van der Waals surface area contributed by atoms with Gasteiger partial charge in [0.25, 0.3) is 0 Å². The molecular weight excluding hydrogens is 226 g/mol. The van der Waals surface area contributed by atoms with Gasteiger partial charge in [-0.3, -0.25) is 4.79 Å². The molecule has 4 heteroatoms. The molecule has 1 aliphatic carbocycles. The van der Waals surface area contributed by atoms with Crippen molar-refractivity contribution in [3.63, 3.8) is 0 Å². The molecule has 0 radical (unpaired) electrons. The SMILES string of the molecule is COc1ccc(Cl)c2[nH]c3c(c12)CCC3=O. The van der Waals surface area contributed by atoms with Crippen LogP contribution in [0.3, 0.4) is 0 Å². The fraction of sp³-hybridized carbons (Fsp3) is 0.250. The quantitative estimate of drug-likeness (QED) is 0.826. The molecule has 2 aromatic rings. The molecule has 0 saturated carbocycles. The summed E-state index contributed by atoms with van der Waals surface area (Å²) in [6.45, 7) is 0. The fourth-order valence-electron chi connectivity index (χ4n) is 2.33. The first-order chi connectivity index (χ1) is 7.72. The van der Waals surface area contributed by atoms with Gasteiger partial charge in [-0.2, -0.15) is 0 Å². The summed E-state index contributed by atoms with van der Waals surface area (Å²) in [7, 11) is 1.62. The van der Waals surface area contributed by atoms with E-state index < -0.39 is 0 Å². The van der Waals surface area contributed by atoms with Crippen molar-refractivity contribution in [2.45, 2.75) is 12.8 Å². The van der Waals surface area contributed by atoms with E-state index in [-0.39, 0.29) is 5.78 Å². The lowest BCUT2D eigenvalue weighted by Crippen LogP contribution is -1.91. The highest BCUT2D eigenvalue weighted by Crippen LogP contribution is 2.38. The number of Topliss-reactive ketones (excluding diaryl/α,β-unsaturated/α-hetero) is 1. The number of carbonyl (C=O) groups excluding carboxylic acids is 1. The first-order valence-electron chi connectivity index (χ1n) is 5.12. The second-order valence-electron chi connectivity index (χ2n) is 3.90. The Balaban J connectivity index is 2.44. The highest BCUT2D eigenvalue weighted by atomic mass is 35.5. The molecule has 0 atom stereocenters. The number of halogens is 1. The molecule has 0 unspecified atom stereocenters. The molecule has 3 nitrogen and oxygen atoms in total. The van der Waals surface area contributed by atoms with Gasteiger partial charge in [-0.1, -0.05) is 11.6 Å². The number of H-pyrrole nitrogens is 1. The number of hydrogen-bond acceptors (Lipinski definition) is 2. The molecular formula is C12H10ClNO2. The number of hydrogen-bond donors (Lipinski definition) is 1. The van der Waals surface area contributed by atoms with E-state index in [1.165, 1.54) is 0 Å². The van der Waals surface area contributed by atoms with Crippen LogP contribution in [0.2, 0.25) is 5.02 Å². The monoisotopic (exact) mass is 235 g/mol. The molecule has 0 spiro atoms. The van der Waals surface area contributed by atoms with Gasteiger partial charge < -0.3 is 9.72 Å². The summed E-state index contributed by atoms with van der Waals surface area (Å²) in [4.78, 5) is 14.7. The average molecular weight is 236 g/mol. The van der Waals surface area contributed by atoms with Gasteiger partial charge in [0.1, 0.15) is 5.75 Å². The lowest BCUT2D eigenvalue weighted by Gasteiger charge is -2.04. The second kappa shape index (κ2) is 3.25. The van der Waals surface area contributed by atoms with Crippen molar-refractivity contribution >= 4 is 28.3 Å². The predicted octanol–water partition coefficient (Wildman–Crippen LogP) is 2.96. The van der Waals surface area contributed by atoms with Crippen molar-refractivity contribution in [1.29, 1.82) is 0 Å². The minimum absolute atomic E-state index is 0.157. The number of carbonyl (C=O) groups is 1. The number of aromatic amines is 1. The molecule has 1 aromatic carbocycles. The van der Waals surface area contributed by atoms with E-state index >= 15 is 0 Å². The van der Waals surface area contributed by atoms with Crippen molar-refractivity contribution in [3.05, 3.63) is 28.4 Å². The molecule has 0 amide bonds. The minimum Gasteiger partial charge on any atom is -0.496 e. The van der Waals surface area contributed by atoms with Crippen LogP contribution in [0.5, 0.6) is 5.75 Å². The second-order valence-corrected chi connectivity index (χ2v) is 4.31. The Morgan fingerprint density at radius 1 is 1.38 bits per heavy atom. The summed E-state index contributed by atoms with van der Waals surface area (Å²) in [6, 6.07) is 3.61. The molecule has 0 saturated heterocycles. The van der Waals surface area contributed by atoms with Crippen LogP contribution in [0.25, 0.3) is 10.9 Å². The number of ether oxygens (including phenoxy) is 1.